The summed E-state index contributed by atoms with van der Waals surface area (Å²) in [5.41, 5.74) is 0. The standard InChI is InChI=1S/C15H19F2N3O3S/c16-13-2-3-15(14(17)12-13)24(21,22)20(5-1-4-18)7-6-19-8-10-23-11-9-19/h2-3,12H,1,5-11H2. The number of benzene rings is 1. The van der Waals surface area contributed by atoms with Crippen LogP contribution in [0.15, 0.2) is 23.1 Å². The maximum Gasteiger partial charge on any atom is 0.246 e. The average molecular weight is 359 g/mol. The van der Waals surface area contributed by atoms with Crippen molar-refractivity contribution in [2.24, 2.45) is 0 Å². The van der Waals surface area contributed by atoms with Crippen molar-refractivity contribution in [1.29, 1.82) is 5.26 Å². The van der Waals surface area contributed by atoms with E-state index in [1.54, 1.807) is 0 Å². The highest BCUT2D eigenvalue weighted by atomic mass is 32.2. The van der Waals surface area contributed by atoms with Gasteiger partial charge in [0.05, 0.1) is 19.3 Å². The zero-order valence-corrected chi connectivity index (χ0v) is 13.9. The van der Waals surface area contributed by atoms with E-state index in [1.807, 2.05) is 11.0 Å². The summed E-state index contributed by atoms with van der Waals surface area (Å²) in [4.78, 5) is 1.46. The minimum absolute atomic E-state index is 0.00877. The summed E-state index contributed by atoms with van der Waals surface area (Å²) in [5, 5.41) is 8.74. The van der Waals surface area contributed by atoms with Gasteiger partial charge in [0.25, 0.3) is 0 Å². The average Bonchev–Trinajstić information content (AvgIpc) is 2.55. The number of nitriles is 1. The van der Waals surface area contributed by atoms with Gasteiger partial charge in [-0.05, 0) is 12.1 Å². The van der Waals surface area contributed by atoms with Crippen LogP contribution in [0.5, 0.6) is 0 Å². The summed E-state index contributed by atoms with van der Waals surface area (Å²) in [5.74, 6) is -1.98. The van der Waals surface area contributed by atoms with Gasteiger partial charge in [-0.1, -0.05) is 0 Å². The molecular formula is C15H19F2N3O3S. The fraction of sp³-hybridized carbons (Fsp3) is 0.533. The smallest absolute Gasteiger partial charge is 0.246 e. The second kappa shape index (κ2) is 8.48. The van der Waals surface area contributed by atoms with Crippen LogP contribution in [0.4, 0.5) is 8.78 Å². The van der Waals surface area contributed by atoms with Gasteiger partial charge in [0.2, 0.25) is 10.0 Å². The van der Waals surface area contributed by atoms with Gasteiger partial charge in [0.15, 0.2) is 0 Å². The van der Waals surface area contributed by atoms with E-state index in [9.17, 15) is 17.2 Å². The van der Waals surface area contributed by atoms with Crippen LogP contribution in [0, 0.1) is 23.0 Å². The molecule has 1 saturated heterocycles. The first kappa shape index (κ1) is 18.7. The van der Waals surface area contributed by atoms with Crippen molar-refractivity contribution in [1.82, 2.24) is 9.21 Å². The normalized spacial score (nSPS) is 16.2. The zero-order valence-electron chi connectivity index (χ0n) is 13.1. The van der Waals surface area contributed by atoms with Crippen molar-refractivity contribution >= 4 is 10.0 Å². The van der Waals surface area contributed by atoms with Gasteiger partial charge < -0.3 is 4.74 Å². The summed E-state index contributed by atoms with van der Waals surface area (Å²) >= 11 is 0. The van der Waals surface area contributed by atoms with Crippen molar-refractivity contribution in [3.05, 3.63) is 29.8 Å². The van der Waals surface area contributed by atoms with E-state index in [0.717, 1.165) is 16.4 Å². The first-order chi connectivity index (χ1) is 11.4. The third-order valence-electron chi connectivity index (χ3n) is 3.75. The van der Waals surface area contributed by atoms with E-state index in [-0.39, 0.29) is 19.5 Å². The topological polar surface area (TPSA) is 73.6 Å². The van der Waals surface area contributed by atoms with E-state index >= 15 is 0 Å². The molecule has 0 radical (unpaired) electrons. The highest BCUT2D eigenvalue weighted by molar-refractivity contribution is 7.89. The van der Waals surface area contributed by atoms with Gasteiger partial charge in [-0.15, -0.1) is 0 Å². The molecule has 1 heterocycles. The van der Waals surface area contributed by atoms with E-state index < -0.39 is 26.6 Å². The SMILES string of the molecule is N#CCCN(CCN1CCOCC1)S(=O)(=O)c1ccc(F)cc1F. The quantitative estimate of drug-likeness (QED) is 0.731. The zero-order chi connectivity index (χ0) is 17.6. The van der Waals surface area contributed by atoms with Gasteiger partial charge in [-0.25, -0.2) is 17.2 Å². The maximum absolute atomic E-state index is 13.9. The Labute approximate surface area is 140 Å². The highest BCUT2D eigenvalue weighted by Crippen LogP contribution is 2.20. The van der Waals surface area contributed by atoms with Gasteiger partial charge in [0, 0.05) is 45.2 Å². The minimum Gasteiger partial charge on any atom is -0.379 e. The minimum atomic E-state index is -4.14. The molecule has 0 N–H and O–H groups in total. The van der Waals surface area contributed by atoms with Gasteiger partial charge in [-0.3, -0.25) is 4.90 Å². The van der Waals surface area contributed by atoms with E-state index in [1.165, 1.54) is 0 Å². The molecule has 1 aliphatic heterocycles. The number of hydrogen-bond acceptors (Lipinski definition) is 5. The highest BCUT2D eigenvalue weighted by Gasteiger charge is 2.28. The molecule has 1 fully saturated rings. The molecule has 9 heteroatoms. The second-order valence-corrected chi connectivity index (χ2v) is 7.25. The molecule has 1 aromatic rings. The predicted molar refractivity (Wildman–Crippen MR) is 82.6 cm³/mol. The predicted octanol–water partition coefficient (Wildman–Crippen LogP) is 1.20. The Bertz CT molecular complexity index is 700. The van der Waals surface area contributed by atoms with Crippen LogP contribution in [0.2, 0.25) is 0 Å². The Morgan fingerprint density at radius 2 is 1.96 bits per heavy atom. The lowest BCUT2D eigenvalue weighted by atomic mass is 10.3. The number of morpholine rings is 1. The van der Waals surface area contributed by atoms with Crippen molar-refractivity contribution in [3.63, 3.8) is 0 Å². The number of sulfonamides is 1. The lowest BCUT2D eigenvalue weighted by molar-refractivity contribution is 0.0363. The maximum atomic E-state index is 13.9. The Morgan fingerprint density at radius 1 is 1.25 bits per heavy atom. The second-order valence-electron chi connectivity index (χ2n) is 5.34. The molecule has 0 bridgehead atoms. The Balaban J connectivity index is 2.16. The molecule has 0 aromatic heterocycles. The summed E-state index contributed by atoms with van der Waals surface area (Å²) < 4.78 is 58.5. The molecule has 2 rings (SSSR count). The summed E-state index contributed by atoms with van der Waals surface area (Å²) in [6, 6.07) is 4.24. The molecule has 1 aliphatic rings. The number of hydrogen-bond donors (Lipinski definition) is 0. The molecular weight excluding hydrogens is 340 g/mol. The fourth-order valence-electron chi connectivity index (χ4n) is 2.43. The molecule has 1 aromatic carbocycles. The molecule has 0 spiro atoms. The van der Waals surface area contributed by atoms with Crippen molar-refractivity contribution in [2.75, 3.05) is 45.9 Å². The lowest BCUT2D eigenvalue weighted by Crippen LogP contribution is -2.43. The van der Waals surface area contributed by atoms with Gasteiger partial charge >= 0.3 is 0 Å². The Morgan fingerprint density at radius 3 is 2.58 bits per heavy atom. The summed E-state index contributed by atoms with van der Waals surface area (Å²) in [7, 11) is -4.14. The largest absolute Gasteiger partial charge is 0.379 e. The molecule has 0 atom stereocenters. The van der Waals surface area contributed by atoms with Crippen LogP contribution in [0.25, 0.3) is 0 Å². The molecule has 24 heavy (non-hydrogen) atoms. The number of ether oxygens (including phenoxy) is 1. The van der Waals surface area contributed by atoms with E-state index in [0.29, 0.717) is 38.9 Å². The van der Waals surface area contributed by atoms with Crippen molar-refractivity contribution in [2.45, 2.75) is 11.3 Å². The molecule has 0 saturated carbocycles. The van der Waals surface area contributed by atoms with Crippen LogP contribution in [0.3, 0.4) is 0 Å². The molecule has 0 amide bonds. The van der Waals surface area contributed by atoms with E-state index in [2.05, 4.69) is 0 Å². The van der Waals surface area contributed by atoms with Crippen LogP contribution >= 0.6 is 0 Å². The molecule has 132 valence electrons. The van der Waals surface area contributed by atoms with E-state index in [4.69, 9.17) is 10.00 Å². The Kier molecular flexibility index (Phi) is 6.62. The van der Waals surface area contributed by atoms with Crippen LogP contribution in [0.1, 0.15) is 6.42 Å². The molecule has 0 aliphatic carbocycles. The first-order valence-electron chi connectivity index (χ1n) is 7.57. The number of nitrogens with zero attached hydrogens (tertiary/aromatic N) is 3. The van der Waals surface area contributed by atoms with Crippen molar-refractivity contribution in [3.8, 4) is 6.07 Å². The summed E-state index contributed by atoms with van der Waals surface area (Å²) in [6.45, 7) is 3.08. The monoisotopic (exact) mass is 359 g/mol. The third-order valence-corrected chi connectivity index (χ3v) is 5.69. The molecule has 6 nitrogen and oxygen atoms in total. The number of halogens is 2. The summed E-state index contributed by atoms with van der Waals surface area (Å²) in [6.07, 6.45) is -0.00877. The third kappa shape index (κ3) is 4.70. The Hall–Kier alpha value is -1.60. The van der Waals surface area contributed by atoms with Gasteiger partial charge in [-0.2, -0.15) is 9.57 Å². The van der Waals surface area contributed by atoms with Crippen LogP contribution in [-0.2, 0) is 14.8 Å². The number of rotatable bonds is 7. The van der Waals surface area contributed by atoms with Crippen molar-refractivity contribution < 1.29 is 21.9 Å². The van der Waals surface area contributed by atoms with Crippen LogP contribution in [-0.4, -0.2) is 63.6 Å². The molecule has 0 unspecified atom stereocenters. The van der Waals surface area contributed by atoms with Crippen LogP contribution < -0.4 is 0 Å². The first-order valence-corrected chi connectivity index (χ1v) is 9.01. The lowest BCUT2D eigenvalue weighted by Gasteiger charge is -2.29. The fourth-order valence-corrected chi connectivity index (χ4v) is 3.91. The van der Waals surface area contributed by atoms with Gasteiger partial charge in [0.1, 0.15) is 16.5 Å².